The number of anilines is 1. The number of hydrogen-bond donors (Lipinski definition) is 0. The Labute approximate surface area is 202 Å². The van der Waals surface area contributed by atoms with Crippen LogP contribution in [0.3, 0.4) is 0 Å². The first-order chi connectivity index (χ1) is 16.1. The number of fused-ring (bicyclic) bond motifs is 2. The normalized spacial score (nSPS) is 21.4. The molecule has 1 amide bonds. The van der Waals surface area contributed by atoms with Crippen molar-refractivity contribution in [2.45, 2.75) is 50.9 Å². The fourth-order valence-corrected chi connectivity index (χ4v) is 5.86. The lowest BCUT2D eigenvalue weighted by Crippen LogP contribution is -2.63. The molecule has 2 aromatic rings. The van der Waals surface area contributed by atoms with Crippen molar-refractivity contribution in [2.24, 2.45) is 0 Å². The van der Waals surface area contributed by atoms with E-state index in [-0.39, 0.29) is 18.9 Å². The van der Waals surface area contributed by atoms with Crippen LogP contribution in [-0.4, -0.2) is 38.9 Å². The number of hydrogen-bond acceptors (Lipinski definition) is 5. The van der Waals surface area contributed by atoms with Crippen LogP contribution in [0.5, 0.6) is 5.75 Å². The van der Waals surface area contributed by atoms with E-state index in [0.717, 1.165) is 22.6 Å². The molecule has 2 aliphatic heterocycles. The maximum atomic E-state index is 14.1. The molecule has 0 bridgehead atoms. The Morgan fingerprint density at radius 3 is 2.44 bits per heavy atom. The Morgan fingerprint density at radius 1 is 1.15 bits per heavy atom. The maximum absolute atomic E-state index is 14.1. The van der Waals surface area contributed by atoms with Crippen LogP contribution in [0.1, 0.15) is 45.2 Å². The van der Waals surface area contributed by atoms with Crippen LogP contribution in [0.2, 0.25) is 0 Å². The third kappa shape index (κ3) is 3.90. The number of benzene rings is 2. The first-order valence-electron chi connectivity index (χ1n) is 11.3. The molecule has 0 N–H and O–H groups in total. The topological polar surface area (TPSA) is 76.2 Å². The highest BCUT2D eigenvalue weighted by Gasteiger charge is 2.64. The lowest BCUT2D eigenvalue weighted by molar-refractivity contribution is -0.138. The largest absolute Gasteiger partial charge is 0.497 e. The summed E-state index contributed by atoms with van der Waals surface area (Å²) in [6, 6.07) is 15.2. The predicted octanol–water partition coefficient (Wildman–Crippen LogP) is 4.05. The SMILES string of the molecule is CCOC(=O)/C=C1\C[C@]2(C(=O)N(Cc3ccc(OC)cc3)c3ccccc32)N1S(=O)C(C)(C)C. The summed E-state index contributed by atoms with van der Waals surface area (Å²) in [7, 11) is 0.0366. The van der Waals surface area contributed by atoms with Gasteiger partial charge in [0.25, 0.3) is 5.91 Å². The Kier molecular flexibility index (Phi) is 6.29. The molecule has 2 aromatic carbocycles. The second-order valence-corrected chi connectivity index (χ2v) is 11.4. The van der Waals surface area contributed by atoms with Crippen molar-refractivity contribution in [3.8, 4) is 5.75 Å². The van der Waals surface area contributed by atoms with Crippen LogP contribution in [0, 0.1) is 0 Å². The summed E-state index contributed by atoms with van der Waals surface area (Å²) in [6.45, 7) is 7.92. The van der Waals surface area contributed by atoms with Crippen molar-refractivity contribution in [1.82, 2.24) is 4.31 Å². The molecule has 1 saturated heterocycles. The number of amides is 1. The van der Waals surface area contributed by atoms with Crippen LogP contribution in [0.15, 0.2) is 60.3 Å². The van der Waals surface area contributed by atoms with E-state index in [9.17, 15) is 13.8 Å². The summed E-state index contributed by atoms with van der Waals surface area (Å²) in [6.07, 6.45) is 1.64. The number of carbonyl (C=O) groups excluding carboxylic acids is 2. The Hall–Kier alpha value is -3.13. The van der Waals surface area contributed by atoms with Gasteiger partial charge in [0.05, 0.1) is 30.7 Å². The molecule has 2 heterocycles. The van der Waals surface area contributed by atoms with Gasteiger partial charge in [0.1, 0.15) is 16.7 Å². The standard InChI is InChI=1S/C26H30N2O5S/c1-6-33-23(29)15-19-16-26(28(19)34(31)25(2,3)4)21-9-7-8-10-22(21)27(24(26)30)17-18-11-13-20(32-5)14-12-18/h7-15H,6,16-17H2,1-5H3/b19-15+/t26-,34?/m0/s1. The highest BCUT2D eigenvalue weighted by Crippen LogP contribution is 2.57. The van der Waals surface area contributed by atoms with Crippen molar-refractivity contribution >= 4 is 28.5 Å². The van der Waals surface area contributed by atoms with E-state index in [0.29, 0.717) is 12.2 Å². The van der Waals surface area contributed by atoms with E-state index < -0.39 is 27.2 Å². The highest BCUT2D eigenvalue weighted by molar-refractivity contribution is 7.84. The zero-order valence-corrected chi connectivity index (χ0v) is 21.0. The minimum Gasteiger partial charge on any atom is -0.497 e. The predicted molar refractivity (Wildman–Crippen MR) is 131 cm³/mol. The Bertz CT molecular complexity index is 1170. The fourth-order valence-electron chi connectivity index (χ4n) is 4.46. The molecule has 1 unspecified atom stereocenters. The van der Waals surface area contributed by atoms with E-state index in [2.05, 4.69) is 0 Å². The zero-order chi connectivity index (χ0) is 24.7. The lowest BCUT2D eigenvalue weighted by atomic mass is 9.79. The van der Waals surface area contributed by atoms with Gasteiger partial charge in [0.2, 0.25) is 0 Å². The number of esters is 1. The van der Waals surface area contributed by atoms with Crippen molar-refractivity contribution in [3.05, 3.63) is 71.4 Å². The summed E-state index contributed by atoms with van der Waals surface area (Å²) in [5.41, 5.74) is 1.95. The molecule has 1 spiro atoms. The van der Waals surface area contributed by atoms with E-state index in [1.54, 1.807) is 23.2 Å². The van der Waals surface area contributed by atoms with Crippen LogP contribution in [0.4, 0.5) is 5.69 Å². The van der Waals surface area contributed by atoms with E-state index >= 15 is 0 Å². The number of rotatable bonds is 6. The van der Waals surface area contributed by atoms with Crippen molar-refractivity contribution < 1.29 is 23.3 Å². The molecule has 0 aromatic heterocycles. The summed E-state index contributed by atoms with van der Waals surface area (Å²) in [4.78, 5) is 28.0. The van der Waals surface area contributed by atoms with Gasteiger partial charge in [-0.05, 0) is 51.5 Å². The molecular formula is C26H30N2O5S. The first-order valence-corrected chi connectivity index (χ1v) is 12.4. The molecule has 34 heavy (non-hydrogen) atoms. The van der Waals surface area contributed by atoms with Gasteiger partial charge in [0, 0.05) is 23.8 Å². The van der Waals surface area contributed by atoms with E-state index in [1.165, 1.54) is 6.08 Å². The second-order valence-electron chi connectivity index (χ2n) is 9.34. The van der Waals surface area contributed by atoms with Gasteiger partial charge in [-0.25, -0.2) is 9.00 Å². The summed E-state index contributed by atoms with van der Waals surface area (Å²) >= 11 is 0. The number of nitrogens with zero attached hydrogens (tertiary/aromatic N) is 2. The maximum Gasteiger partial charge on any atom is 0.332 e. The average Bonchev–Trinajstić information content (AvgIpc) is 3.03. The average molecular weight is 483 g/mol. The molecule has 0 aliphatic carbocycles. The first kappa shape index (κ1) is 24.0. The van der Waals surface area contributed by atoms with Gasteiger partial charge >= 0.3 is 5.97 Å². The van der Waals surface area contributed by atoms with Crippen LogP contribution < -0.4 is 9.64 Å². The second kappa shape index (κ2) is 8.91. The van der Waals surface area contributed by atoms with E-state index in [1.807, 2.05) is 69.3 Å². The number of methoxy groups -OCH3 is 1. The van der Waals surface area contributed by atoms with Gasteiger partial charge in [0.15, 0.2) is 5.54 Å². The number of ether oxygens (including phenoxy) is 2. The Morgan fingerprint density at radius 2 is 1.82 bits per heavy atom. The molecule has 1 fully saturated rings. The molecule has 180 valence electrons. The summed E-state index contributed by atoms with van der Waals surface area (Å²) in [5, 5.41) is 0. The van der Waals surface area contributed by atoms with Gasteiger partial charge in [-0.15, -0.1) is 0 Å². The lowest BCUT2D eigenvalue weighted by Gasteiger charge is -2.52. The molecule has 2 aliphatic rings. The van der Waals surface area contributed by atoms with Gasteiger partial charge < -0.3 is 14.4 Å². The fraction of sp³-hybridized carbons (Fsp3) is 0.385. The molecule has 0 radical (unpaired) electrons. The third-order valence-electron chi connectivity index (χ3n) is 6.04. The quantitative estimate of drug-likeness (QED) is 0.459. The molecule has 8 heteroatoms. The van der Waals surface area contributed by atoms with E-state index in [4.69, 9.17) is 9.47 Å². The van der Waals surface area contributed by atoms with Gasteiger partial charge in [-0.1, -0.05) is 30.3 Å². The van der Waals surface area contributed by atoms with Crippen molar-refractivity contribution in [2.75, 3.05) is 18.6 Å². The van der Waals surface area contributed by atoms with Crippen molar-refractivity contribution in [3.63, 3.8) is 0 Å². The minimum absolute atomic E-state index is 0.150. The monoisotopic (exact) mass is 482 g/mol. The molecule has 2 atom stereocenters. The van der Waals surface area contributed by atoms with Gasteiger partial charge in [-0.3, -0.25) is 9.10 Å². The van der Waals surface area contributed by atoms with Crippen LogP contribution in [-0.2, 0) is 37.4 Å². The summed E-state index contributed by atoms with van der Waals surface area (Å²) < 4.78 is 25.0. The third-order valence-corrected chi connectivity index (χ3v) is 7.97. The van der Waals surface area contributed by atoms with Crippen LogP contribution in [0.25, 0.3) is 0 Å². The summed E-state index contributed by atoms with van der Waals surface area (Å²) in [5.74, 6) is 0.0908. The minimum atomic E-state index is -1.58. The number of carbonyl (C=O) groups is 2. The van der Waals surface area contributed by atoms with Crippen LogP contribution >= 0.6 is 0 Å². The smallest absolute Gasteiger partial charge is 0.332 e. The molecule has 0 saturated carbocycles. The van der Waals surface area contributed by atoms with Crippen molar-refractivity contribution in [1.29, 1.82) is 0 Å². The zero-order valence-electron chi connectivity index (χ0n) is 20.2. The molecule has 7 nitrogen and oxygen atoms in total. The highest BCUT2D eigenvalue weighted by atomic mass is 32.2. The number of para-hydroxylation sites is 1. The molecule has 4 rings (SSSR count). The van der Waals surface area contributed by atoms with Gasteiger partial charge in [-0.2, -0.15) is 0 Å². The molecular weight excluding hydrogens is 452 g/mol. The Balaban J connectivity index is 1.77.